The van der Waals surface area contributed by atoms with Crippen molar-refractivity contribution in [2.75, 3.05) is 13.7 Å². The number of rotatable bonds is 6. The Morgan fingerprint density at radius 3 is 2.38 bits per heavy atom. The number of carbonyl (C=O) groups excluding carboxylic acids is 2. The maximum absolute atomic E-state index is 12.4. The van der Waals surface area contributed by atoms with E-state index in [0.717, 1.165) is 12.8 Å². The zero-order valence-electron chi connectivity index (χ0n) is 12.6. The highest BCUT2D eigenvalue weighted by Crippen LogP contribution is 2.38. The molecule has 1 saturated carbocycles. The number of carboxylic acids is 1. The first-order chi connectivity index (χ1) is 9.84. The van der Waals surface area contributed by atoms with Crippen molar-refractivity contribution < 1.29 is 24.2 Å². The third kappa shape index (κ3) is 4.42. The molecule has 1 fully saturated rings. The van der Waals surface area contributed by atoms with Crippen LogP contribution in [-0.4, -0.2) is 42.6 Å². The number of amides is 1. The molecule has 4 N–H and O–H groups in total. The topological polar surface area (TPSA) is 119 Å². The lowest BCUT2D eigenvalue weighted by Gasteiger charge is -2.37. The third-order valence-corrected chi connectivity index (χ3v) is 4.31. The Labute approximate surface area is 124 Å². The van der Waals surface area contributed by atoms with E-state index in [1.165, 1.54) is 7.11 Å². The van der Waals surface area contributed by atoms with Gasteiger partial charge in [0, 0.05) is 6.54 Å². The average molecular weight is 300 g/mol. The molecule has 0 saturated heterocycles. The van der Waals surface area contributed by atoms with Gasteiger partial charge >= 0.3 is 11.9 Å². The summed E-state index contributed by atoms with van der Waals surface area (Å²) in [5.74, 6) is -1.78. The van der Waals surface area contributed by atoms with Gasteiger partial charge in [0.05, 0.1) is 18.9 Å². The first-order valence-electron chi connectivity index (χ1n) is 7.15. The first kappa shape index (κ1) is 17.4. The van der Waals surface area contributed by atoms with Crippen LogP contribution in [0.3, 0.4) is 0 Å². The van der Waals surface area contributed by atoms with Crippen LogP contribution in [0.2, 0.25) is 0 Å². The molecule has 0 bridgehead atoms. The number of hydrogen-bond acceptors (Lipinski definition) is 5. The highest BCUT2D eigenvalue weighted by Gasteiger charge is 2.41. The molecule has 0 aliphatic heterocycles. The van der Waals surface area contributed by atoms with Gasteiger partial charge < -0.3 is 20.9 Å². The van der Waals surface area contributed by atoms with Gasteiger partial charge in [-0.1, -0.05) is 6.92 Å². The zero-order valence-corrected chi connectivity index (χ0v) is 12.6. The molecule has 0 radical (unpaired) electrons. The molecule has 1 aliphatic rings. The number of aliphatic carboxylic acids is 1. The van der Waals surface area contributed by atoms with E-state index in [-0.39, 0.29) is 12.5 Å². The van der Waals surface area contributed by atoms with Crippen LogP contribution >= 0.6 is 0 Å². The number of nitrogens with one attached hydrogen (secondary N) is 1. The van der Waals surface area contributed by atoms with Crippen LogP contribution in [0.1, 0.15) is 39.0 Å². The number of methoxy groups -OCH3 is 1. The van der Waals surface area contributed by atoms with Gasteiger partial charge in [-0.15, -0.1) is 0 Å². The van der Waals surface area contributed by atoms with Gasteiger partial charge in [-0.05, 0) is 31.6 Å². The Morgan fingerprint density at radius 1 is 1.38 bits per heavy atom. The van der Waals surface area contributed by atoms with E-state index in [0.29, 0.717) is 18.8 Å². The maximum atomic E-state index is 12.4. The lowest BCUT2D eigenvalue weighted by atomic mass is 9.70. The molecule has 7 nitrogen and oxygen atoms in total. The van der Waals surface area contributed by atoms with Crippen LogP contribution in [0.4, 0.5) is 0 Å². The number of hydrogen-bond donors (Lipinski definition) is 3. The number of ether oxygens (including phenoxy) is 1. The van der Waals surface area contributed by atoms with Gasteiger partial charge in [-0.2, -0.15) is 0 Å². The summed E-state index contributed by atoms with van der Waals surface area (Å²) >= 11 is 0. The molecule has 1 atom stereocenters. The minimum atomic E-state index is -1.28. The molecule has 0 unspecified atom stereocenters. The van der Waals surface area contributed by atoms with Crippen molar-refractivity contribution in [3.63, 3.8) is 0 Å². The highest BCUT2D eigenvalue weighted by molar-refractivity contribution is 5.90. The predicted octanol–water partition coefficient (Wildman–Crippen LogP) is 0.274. The van der Waals surface area contributed by atoms with Crippen molar-refractivity contribution >= 4 is 17.8 Å². The van der Waals surface area contributed by atoms with E-state index in [2.05, 4.69) is 17.0 Å². The van der Waals surface area contributed by atoms with E-state index >= 15 is 0 Å². The molecule has 0 heterocycles. The molecule has 1 aliphatic carbocycles. The molecule has 21 heavy (non-hydrogen) atoms. The Bertz CT molecular complexity index is 402. The molecule has 0 aromatic carbocycles. The van der Waals surface area contributed by atoms with Gasteiger partial charge in [0.15, 0.2) is 0 Å². The SMILES string of the molecule is COC(=O)C[C@H](NC(=O)C1(CN)CCC(C)CC1)C(=O)O. The smallest absolute Gasteiger partial charge is 0.326 e. The van der Waals surface area contributed by atoms with Crippen molar-refractivity contribution in [1.29, 1.82) is 0 Å². The second-order valence-corrected chi connectivity index (χ2v) is 5.81. The van der Waals surface area contributed by atoms with E-state index in [1.807, 2.05) is 0 Å². The lowest BCUT2D eigenvalue weighted by molar-refractivity contribution is -0.150. The fraction of sp³-hybridized carbons (Fsp3) is 0.786. The summed E-state index contributed by atoms with van der Waals surface area (Å²) in [6.45, 7) is 2.30. The first-order valence-corrected chi connectivity index (χ1v) is 7.15. The molecule has 0 aromatic heterocycles. The molecular formula is C14H24N2O5. The van der Waals surface area contributed by atoms with Gasteiger partial charge in [-0.3, -0.25) is 9.59 Å². The Kier molecular flexibility index (Phi) is 6.14. The molecule has 7 heteroatoms. The molecule has 0 aromatic rings. The summed E-state index contributed by atoms with van der Waals surface area (Å²) in [6, 6.07) is -1.28. The van der Waals surface area contributed by atoms with Gasteiger partial charge in [0.1, 0.15) is 6.04 Å². The molecule has 1 rings (SSSR count). The molecule has 120 valence electrons. The van der Waals surface area contributed by atoms with E-state index in [4.69, 9.17) is 10.8 Å². The Hall–Kier alpha value is -1.63. The van der Waals surface area contributed by atoms with Crippen molar-refractivity contribution in [3.05, 3.63) is 0 Å². The number of nitrogens with two attached hydrogens (primary N) is 1. The number of carboxylic acid groups (broad SMARTS) is 1. The van der Waals surface area contributed by atoms with Crippen molar-refractivity contribution in [2.24, 2.45) is 17.1 Å². The quantitative estimate of drug-likeness (QED) is 0.606. The van der Waals surface area contributed by atoms with Crippen molar-refractivity contribution in [3.8, 4) is 0 Å². The van der Waals surface area contributed by atoms with E-state index in [1.54, 1.807) is 0 Å². The fourth-order valence-corrected chi connectivity index (χ4v) is 2.60. The minimum absolute atomic E-state index is 0.177. The van der Waals surface area contributed by atoms with Gasteiger partial charge in [0.2, 0.25) is 5.91 Å². The second-order valence-electron chi connectivity index (χ2n) is 5.81. The Morgan fingerprint density at radius 2 is 1.95 bits per heavy atom. The average Bonchev–Trinajstić information content (AvgIpc) is 2.47. The fourth-order valence-electron chi connectivity index (χ4n) is 2.60. The summed E-state index contributed by atoms with van der Waals surface area (Å²) in [7, 11) is 1.17. The summed E-state index contributed by atoms with van der Waals surface area (Å²) in [5.41, 5.74) is 5.04. The summed E-state index contributed by atoms with van der Waals surface area (Å²) in [5, 5.41) is 11.5. The van der Waals surface area contributed by atoms with E-state index < -0.39 is 29.8 Å². The predicted molar refractivity (Wildman–Crippen MR) is 75.3 cm³/mol. The summed E-state index contributed by atoms with van der Waals surface area (Å²) < 4.78 is 4.45. The van der Waals surface area contributed by atoms with Gasteiger partial charge in [0.25, 0.3) is 0 Å². The summed E-state index contributed by atoms with van der Waals surface area (Å²) in [6.07, 6.45) is 2.66. The summed E-state index contributed by atoms with van der Waals surface area (Å²) in [4.78, 5) is 34.8. The van der Waals surface area contributed by atoms with Crippen LogP contribution in [-0.2, 0) is 19.1 Å². The minimum Gasteiger partial charge on any atom is -0.480 e. The van der Waals surface area contributed by atoms with Crippen molar-refractivity contribution in [1.82, 2.24) is 5.32 Å². The maximum Gasteiger partial charge on any atom is 0.326 e. The van der Waals surface area contributed by atoms with Gasteiger partial charge in [-0.25, -0.2) is 4.79 Å². The monoisotopic (exact) mass is 300 g/mol. The third-order valence-electron chi connectivity index (χ3n) is 4.31. The van der Waals surface area contributed by atoms with Crippen LogP contribution in [0.15, 0.2) is 0 Å². The number of carbonyl (C=O) groups is 3. The molecular weight excluding hydrogens is 276 g/mol. The van der Waals surface area contributed by atoms with Crippen LogP contribution in [0.25, 0.3) is 0 Å². The standard InChI is InChI=1S/C14H24N2O5/c1-9-3-5-14(8-15,6-4-9)13(20)16-10(12(18)19)7-11(17)21-2/h9-10H,3-8,15H2,1-2H3,(H,16,20)(H,18,19)/t9?,10-,14?/m0/s1. The molecule has 1 amide bonds. The van der Waals surface area contributed by atoms with Crippen LogP contribution in [0.5, 0.6) is 0 Å². The molecule has 0 spiro atoms. The van der Waals surface area contributed by atoms with Crippen LogP contribution < -0.4 is 11.1 Å². The second kappa shape index (κ2) is 7.40. The van der Waals surface area contributed by atoms with Crippen molar-refractivity contribution in [2.45, 2.75) is 45.1 Å². The normalized spacial score (nSPS) is 26.7. The number of esters is 1. The largest absolute Gasteiger partial charge is 0.480 e. The van der Waals surface area contributed by atoms with Crippen LogP contribution in [0, 0.1) is 11.3 Å². The lowest BCUT2D eigenvalue weighted by Crippen LogP contribution is -2.53. The van der Waals surface area contributed by atoms with E-state index in [9.17, 15) is 14.4 Å². The zero-order chi connectivity index (χ0) is 16.0. The Balaban J connectivity index is 2.75. The highest BCUT2D eigenvalue weighted by atomic mass is 16.5.